The van der Waals surface area contributed by atoms with Gasteiger partial charge in [-0.1, -0.05) is 71.6 Å². The molecule has 0 aliphatic rings. The van der Waals surface area contributed by atoms with Gasteiger partial charge < -0.3 is 15.3 Å². The summed E-state index contributed by atoms with van der Waals surface area (Å²) in [7, 11) is -4.15. The number of aryl methyl sites for hydroxylation is 2. The van der Waals surface area contributed by atoms with Gasteiger partial charge >= 0.3 is 0 Å². The Labute approximate surface area is 205 Å². The zero-order valence-corrected chi connectivity index (χ0v) is 22.0. The number of hydrogen-bond donors (Lipinski definition) is 3. The fourth-order valence-corrected chi connectivity index (χ4v) is 6.33. The monoisotopic (exact) mass is 539 g/mol. The maximum Gasteiger partial charge on any atom is 0.247 e. The highest BCUT2D eigenvalue weighted by Crippen LogP contribution is 2.46. The number of aliphatic hydroxyl groups excluding tert-OH is 1. The van der Waals surface area contributed by atoms with Gasteiger partial charge in [0, 0.05) is 18.4 Å². The highest BCUT2D eigenvalue weighted by Gasteiger charge is 2.33. The van der Waals surface area contributed by atoms with E-state index in [1.54, 1.807) is 6.07 Å². The molecular weight excluding hydrogens is 506 g/mol. The zero-order chi connectivity index (χ0) is 24.8. The molecule has 8 heteroatoms. The first-order chi connectivity index (χ1) is 15.6. The Hall–Kier alpha value is -1.87. The number of nitrogens with zero attached hydrogens (tertiary/aromatic N) is 1. The van der Waals surface area contributed by atoms with Crippen LogP contribution in [0.3, 0.4) is 0 Å². The van der Waals surface area contributed by atoms with Crippen LogP contribution in [-0.2, 0) is 16.4 Å². The van der Waals surface area contributed by atoms with Crippen molar-refractivity contribution in [2.75, 3.05) is 25.0 Å². The van der Waals surface area contributed by atoms with Gasteiger partial charge in [0.2, 0.25) is 10.0 Å². The highest BCUT2D eigenvalue weighted by atomic mass is 79.9. The number of alkyl halides is 1. The zero-order valence-electron chi connectivity index (χ0n) is 19.6. The molecular formula is C25H34BrNO5S. The molecule has 3 N–H and O–H groups in total. The second-order valence-electron chi connectivity index (χ2n) is 8.21. The summed E-state index contributed by atoms with van der Waals surface area (Å²) in [5.41, 5.74) is 3.28. The van der Waals surface area contributed by atoms with E-state index in [4.69, 9.17) is 0 Å². The molecule has 0 amide bonds. The number of allylic oxidation sites excluding steroid dienone is 1. The Morgan fingerprint density at radius 1 is 1.15 bits per heavy atom. The van der Waals surface area contributed by atoms with Crippen LogP contribution in [-0.4, -0.2) is 53.1 Å². The minimum Gasteiger partial charge on any atom is -0.507 e. The molecule has 0 aliphatic heterocycles. The standard InChI is InChI=1S/C25H34BrNO5S/c1-5-6-7-8-19-16-22(29)23(21-15-18(4)9-10-20(21)17(2)3)24(30)25(19)33(31,32)27(12-11-26)13-14-28/h9-10,15-16,28-30H,2,5-8,11-14H2,1,3-4H3. The lowest BCUT2D eigenvalue weighted by Crippen LogP contribution is -2.35. The Morgan fingerprint density at radius 2 is 1.85 bits per heavy atom. The number of benzene rings is 2. The number of aliphatic hydroxyl groups is 1. The summed E-state index contributed by atoms with van der Waals surface area (Å²) in [4.78, 5) is -0.213. The summed E-state index contributed by atoms with van der Waals surface area (Å²) in [6.07, 6.45) is 2.95. The summed E-state index contributed by atoms with van der Waals surface area (Å²) < 4.78 is 28.6. The maximum absolute atomic E-state index is 13.7. The normalized spacial score (nSPS) is 11.8. The summed E-state index contributed by atoms with van der Waals surface area (Å²) in [5.74, 6) is -0.660. The Morgan fingerprint density at radius 3 is 2.42 bits per heavy atom. The van der Waals surface area contributed by atoms with E-state index >= 15 is 0 Å². The second-order valence-corrected chi connectivity index (χ2v) is 10.9. The van der Waals surface area contributed by atoms with Crippen LogP contribution in [0.15, 0.2) is 35.7 Å². The van der Waals surface area contributed by atoms with E-state index in [1.165, 1.54) is 6.07 Å². The van der Waals surface area contributed by atoms with E-state index in [0.717, 1.165) is 34.7 Å². The van der Waals surface area contributed by atoms with Crippen molar-refractivity contribution in [1.29, 1.82) is 0 Å². The number of unbranched alkanes of at least 4 members (excludes halogenated alkanes) is 2. The van der Waals surface area contributed by atoms with Gasteiger partial charge in [0.25, 0.3) is 0 Å². The van der Waals surface area contributed by atoms with Crippen LogP contribution in [0.1, 0.15) is 49.8 Å². The molecule has 0 unspecified atom stereocenters. The fraction of sp³-hybridized carbons (Fsp3) is 0.440. The van der Waals surface area contributed by atoms with Gasteiger partial charge in [-0.3, -0.25) is 0 Å². The average molecular weight is 541 g/mol. The number of halogens is 1. The summed E-state index contributed by atoms with van der Waals surface area (Å²) in [6, 6.07) is 7.00. The molecule has 0 saturated heterocycles. The number of hydrogen-bond acceptors (Lipinski definition) is 5. The quantitative estimate of drug-likeness (QED) is 0.254. The molecule has 2 rings (SSSR count). The highest BCUT2D eigenvalue weighted by molar-refractivity contribution is 9.09. The first-order valence-electron chi connectivity index (χ1n) is 11.1. The largest absolute Gasteiger partial charge is 0.507 e. The van der Waals surface area contributed by atoms with Crippen molar-refractivity contribution in [3.63, 3.8) is 0 Å². The van der Waals surface area contributed by atoms with Gasteiger partial charge in [-0.15, -0.1) is 0 Å². The van der Waals surface area contributed by atoms with Crippen molar-refractivity contribution < 1.29 is 23.7 Å². The first kappa shape index (κ1) is 27.4. The van der Waals surface area contributed by atoms with E-state index in [0.29, 0.717) is 28.4 Å². The lowest BCUT2D eigenvalue weighted by atomic mass is 9.91. The van der Waals surface area contributed by atoms with Crippen molar-refractivity contribution in [2.45, 2.75) is 51.3 Å². The number of phenols is 2. The molecule has 0 saturated carbocycles. The Bertz CT molecular complexity index is 1090. The van der Waals surface area contributed by atoms with Gasteiger partial charge in [-0.05, 0) is 49.4 Å². The van der Waals surface area contributed by atoms with Crippen molar-refractivity contribution in [3.05, 3.63) is 47.5 Å². The molecule has 2 aromatic rings. The van der Waals surface area contributed by atoms with E-state index in [1.807, 2.05) is 32.9 Å². The summed E-state index contributed by atoms with van der Waals surface area (Å²) in [5, 5.41) is 32.2. The topological polar surface area (TPSA) is 98.1 Å². The van der Waals surface area contributed by atoms with Gasteiger partial charge in [0.15, 0.2) is 0 Å². The van der Waals surface area contributed by atoms with Gasteiger partial charge in [0.1, 0.15) is 16.4 Å². The first-order valence-corrected chi connectivity index (χ1v) is 13.7. The van der Waals surface area contributed by atoms with Crippen LogP contribution in [0.5, 0.6) is 11.5 Å². The lowest BCUT2D eigenvalue weighted by Gasteiger charge is -2.25. The minimum atomic E-state index is -4.15. The molecule has 6 nitrogen and oxygen atoms in total. The number of sulfonamides is 1. The molecule has 0 heterocycles. The smallest absolute Gasteiger partial charge is 0.247 e. The number of aromatic hydroxyl groups is 2. The Balaban J connectivity index is 2.88. The second kappa shape index (κ2) is 12.0. The molecule has 182 valence electrons. The predicted octanol–water partition coefficient (Wildman–Crippen LogP) is 5.22. The molecule has 0 radical (unpaired) electrons. The third-order valence-corrected chi connectivity index (χ3v) is 7.92. The van der Waals surface area contributed by atoms with Crippen molar-refractivity contribution in [2.24, 2.45) is 0 Å². The molecule has 0 spiro atoms. The van der Waals surface area contributed by atoms with E-state index < -0.39 is 15.8 Å². The average Bonchev–Trinajstić information content (AvgIpc) is 2.73. The van der Waals surface area contributed by atoms with Crippen LogP contribution in [0, 0.1) is 6.92 Å². The molecule has 0 fully saturated rings. The third kappa shape index (κ3) is 6.18. The van der Waals surface area contributed by atoms with E-state index in [9.17, 15) is 23.7 Å². The third-order valence-electron chi connectivity index (χ3n) is 5.55. The van der Waals surface area contributed by atoms with Crippen molar-refractivity contribution >= 4 is 31.5 Å². The van der Waals surface area contributed by atoms with Crippen LogP contribution >= 0.6 is 15.9 Å². The fourth-order valence-electron chi connectivity index (χ4n) is 3.92. The summed E-state index contributed by atoms with van der Waals surface area (Å²) in [6.45, 7) is 9.43. The van der Waals surface area contributed by atoms with Gasteiger partial charge in [0.05, 0.1) is 12.2 Å². The van der Waals surface area contributed by atoms with Gasteiger partial charge in [-0.2, -0.15) is 4.31 Å². The van der Waals surface area contributed by atoms with E-state index in [2.05, 4.69) is 22.5 Å². The van der Waals surface area contributed by atoms with Crippen molar-refractivity contribution in [1.82, 2.24) is 4.31 Å². The number of rotatable bonds is 12. The molecule has 0 aliphatic carbocycles. The molecule has 2 aromatic carbocycles. The minimum absolute atomic E-state index is 0.0670. The Kier molecular flexibility index (Phi) is 9.97. The number of phenolic OH excluding ortho intramolecular Hbond substituents is 2. The predicted molar refractivity (Wildman–Crippen MR) is 138 cm³/mol. The molecule has 0 aromatic heterocycles. The van der Waals surface area contributed by atoms with E-state index in [-0.39, 0.29) is 35.9 Å². The SMILES string of the molecule is C=C(C)c1ccc(C)cc1-c1c(O)cc(CCCCC)c(S(=O)(=O)N(CCO)CCBr)c1O. The molecule has 33 heavy (non-hydrogen) atoms. The van der Waals surface area contributed by atoms with Crippen molar-refractivity contribution in [3.8, 4) is 22.6 Å². The lowest BCUT2D eigenvalue weighted by molar-refractivity contribution is 0.257. The maximum atomic E-state index is 13.7. The van der Waals surface area contributed by atoms with Crippen LogP contribution < -0.4 is 0 Å². The summed E-state index contributed by atoms with van der Waals surface area (Å²) >= 11 is 3.27. The molecule has 0 atom stereocenters. The molecule has 0 bridgehead atoms. The van der Waals surface area contributed by atoms with Crippen LogP contribution in [0.2, 0.25) is 0 Å². The van der Waals surface area contributed by atoms with Crippen LogP contribution in [0.25, 0.3) is 16.7 Å². The van der Waals surface area contributed by atoms with Gasteiger partial charge in [-0.25, -0.2) is 8.42 Å². The van der Waals surface area contributed by atoms with Crippen LogP contribution in [0.4, 0.5) is 0 Å².